The van der Waals surface area contributed by atoms with Crippen molar-refractivity contribution in [2.24, 2.45) is 11.3 Å². The summed E-state index contributed by atoms with van der Waals surface area (Å²) in [6.07, 6.45) is 2.07. The molecule has 1 saturated carbocycles. The monoisotopic (exact) mass is 246 g/mol. The molecule has 1 aliphatic carbocycles. The van der Waals surface area contributed by atoms with Gasteiger partial charge in [0.2, 0.25) is 0 Å². The molecule has 0 spiro atoms. The maximum absolute atomic E-state index is 12.1. The van der Waals surface area contributed by atoms with Crippen LogP contribution in [0.3, 0.4) is 0 Å². The molecule has 0 aromatic heterocycles. The van der Waals surface area contributed by atoms with Crippen LogP contribution in [0, 0.1) is 11.3 Å². The van der Waals surface area contributed by atoms with Crippen LogP contribution in [-0.2, 0) is 9.53 Å². The summed E-state index contributed by atoms with van der Waals surface area (Å²) in [6, 6.07) is 10.4. The molecule has 2 atom stereocenters. The average Bonchev–Trinajstić information content (AvgIpc) is 3.09. The predicted molar refractivity (Wildman–Crippen MR) is 72.3 cm³/mol. The Bertz CT molecular complexity index is 406. The molecule has 2 heteroatoms. The van der Waals surface area contributed by atoms with Crippen molar-refractivity contribution < 1.29 is 9.53 Å². The predicted octanol–water partition coefficient (Wildman–Crippen LogP) is 3.77. The summed E-state index contributed by atoms with van der Waals surface area (Å²) in [4.78, 5) is 12.1. The summed E-state index contributed by atoms with van der Waals surface area (Å²) in [5.74, 6) is 0.373. The Morgan fingerprint density at radius 3 is 2.28 bits per heavy atom. The third-order valence-electron chi connectivity index (χ3n) is 4.48. The molecule has 1 aromatic rings. The summed E-state index contributed by atoms with van der Waals surface area (Å²) in [5, 5.41) is 0. The molecule has 0 saturated heterocycles. The maximum atomic E-state index is 12.1. The molecule has 2 rings (SSSR count). The average molecular weight is 246 g/mol. The molecule has 1 fully saturated rings. The second-order valence-corrected chi connectivity index (χ2v) is 5.06. The first kappa shape index (κ1) is 13.1. The van der Waals surface area contributed by atoms with Gasteiger partial charge in [0.15, 0.2) is 0 Å². The quantitative estimate of drug-likeness (QED) is 0.739. The fourth-order valence-corrected chi connectivity index (χ4v) is 3.41. The van der Waals surface area contributed by atoms with Gasteiger partial charge in [-0.1, -0.05) is 44.2 Å². The van der Waals surface area contributed by atoms with E-state index in [1.54, 1.807) is 0 Å². The second kappa shape index (κ2) is 5.13. The van der Waals surface area contributed by atoms with E-state index in [-0.39, 0.29) is 17.3 Å². The third kappa shape index (κ3) is 1.94. The Balaban J connectivity index is 2.26. The third-order valence-corrected chi connectivity index (χ3v) is 4.48. The minimum atomic E-state index is -0.0185. The van der Waals surface area contributed by atoms with E-state index >= 15 is 0 Å². The van der Waals surface area contributed by atoms with Crippen molar-refractivity contribution in [2.75, 3.05) is 6.61 Å². The van der Waals surface area contributed by atoms with Crippen molar-refractivity contribution in [1.82, 2.24) is 0 Å². The Kier molecular flexibility index (Phi) is 3.74. The van der Waals surface area contributed by atoms with E-state index in [1.807, 2.05) is 25.1 Å². The molecule has 0 unspecified atom stereocenters. The lowest BCUT2D eigenvalue weighted by Gasteiger charge is -2.12. The Labute approximate surface area is 109 Å². The lowest BCUT2D eigenvalue weighted by molar-refractivity contribution is -0.145. The molecule has 1 aliphatic rings. The van der Waals surface area contributed by atoms with Crippen LogP contribution in [0.2, 0.25) is 0 Å². The highest BCUT2D eigenvalue weighted by Gasteiger charge is 2.66. The molecule has 0 N–H and O–H groups in total. The normalized spacial score (nSPS) is 24.6. The van der Waals surface area contributed by atoms with Crippen molar-refractivity contribution in [1.29, 1.82) is 0 Å². The number of ether oxygens (including phenoxy) is 1. The highest BCUT2D eigenvalue weighted by Crippen LogP contribution is 2.69. The number of hydrogen-bond donors (Lipinski definition) is 0. The first-order valence-corrected chi connectivity index (χ1v) is 6.92. The Morgan fingerprint density at radius 1 is 1.17 bits per heavy atom. The fraction of sp³-hybridized carbons (Fsp3) is 0.562. The highest BCUT2D eigenvalue weighted by molar-refractivity contribution is 5.79. The standard InChI is InChI=1S/C16H22O2/c1-4-16(5-2)13(12-10-8-7-9-11-12)14(16)15(17)18-6-3/h7-11,13-14H,4-6H2,1-3H3/t13-,14+/m0/s1. The number of rotatable bonds is 5. The first-order valence-electron chi connectivity index (χ1n) is 6.92. The fourth-order valence-electron chi connectivity index (χ4n) is 3.41. The van der Waals surface area contributed by atoms with Gasteiger partial charge in [0.05, 0.1) is 12.5 Å². The minimum Gasteiger partial charge on any atom is -0.466 e. The second-order valence-electron chi connectivity index (χ2n) is 5.06. The summed E-state index contributed by atoms with van der Waals surface area (Å²) >= 11 is 0. The van der Waals surface area contributed by atoms with Crippen molar-refractivity contribution in [2.45, 2.75) is 39.5 Å². The molecule has 2 nitrogen and oxygen atoms in total. The number of esters is 1. The molecule has 18 heavy (non-hydrogen) atoms. The summed E-state index contributed by atoms with van der Waals surface area (Å²) in [6.45, 7) is 6.70. The molecule has 0 amide bonds. The minimum absolute atomic E-state index is 0.0185. The molecule has 98 valence electrons. The number of carbonyl (C=O) groups is 1. The molecule has 0 radical (unpaired) electrons. The summed E-state index contributed by atoms with van der Waals surface area (Å²) in [7, 11) is 0. The number of hydrogen-bond acceptors (Lipinski definition) is 2. The van der Waals surface area contributed by atoms with Crippen LogP contribution >= 0.6 is 0 Å². The molecular weight excluding hydrogens is 224 g/mol. The van der Waals surface area contributed by atoms with Crippen LogP contribution in [0.25, 0.3) is 0 Å². The van der Waals surface area contributed by atoms with Gasteiger partial charge >= 0.3 is 5.97 Å². The molecule has 1 aromatic carbocycles. The smallest absolute Gasteiger partial charge is 0.310 e. The van der Waals surface area contributed by atoms with Gasteiger partial charge in [-0.2, -0.15) is 0 Å². The largest absolute Gasteiger partial charge is 0.466 e. The number of benzene rings is 1. The van der Waals surface area contributed by atoms with Gasteiger partial charge in [-0.05, 0) is 30.7 Å². The highest BCUT2D eigenvalue weighted by atomic mass is 16.5. The van der Waals surface area contributed by atoms with E-state index in [9.17, 15) is 4.79 Å². The van der Waals surface area contributed by atoms with Gasteiger partial charge < -0.3 is 4.74 Å². The molecular formula is C16H22O2. The lowest BCUT2D eigenvalue weighted by atomic mass is 9.93. The van der Waals surface area contributed by atoms with Crippen molar-refractivity contribution in [3.63, 3.8) is 0 Å². The maximum Gasteiger partial charge on any atom is 0.310 e. The zero-order valence-electron chi connectivity index (χ0n) is 11.5. The van der Waals surface area contributed by atoms with E-state index in [2.05, 4.69) is 26.0 Å². The van der Waals surface area contributed by atoms with Gasteiger partial charge in [-0.3, -0.25) is 4.79 Å². The van der Waals surface area contributed by atoms with Crippen LogP contribution in [0.15, 0.2) is 30.3 Å². The van der Waals surface area contributed by atoms with E-state index in [1.165, 1.54) is 5.56 Å². The molecule has 0 bridgehead atoms. The Morgan fingerprint density at radius 2 is 1.78 bits per heavy atom. The van der Waals surface area contributed by atoms with Crippen molar-refractivity contribution in [3.8, 4) is 0 Å². The van der Waals surface area contributed by atoms with Crippen LogP contribution < -0.4 is 0 Å². The first-order chi connectivity index (χ1) is 8.71. The van der Waals surface area contributed by atoms with Crippen LogP contribution in [0.1, 0.15) is 45.1 Å². The SMILES string of the molecule is CCOC(=O)[C@H]1[C@H](c2ccccc2)C1(CC)CC. The topological polar surface area (TPSA) is 26.3 Å². The lowest BCUT2D eigenvalue weighted by Crippen LogP contribution is -2.12. The van der Waals surface area contributed by atoms with E-state index < -0.39 is 0 Å². The van der Waals surface area contributed by atoms with E-state index in [0.29, 0.717) is 12.5 Å². The summed E-state index contributed by atoms with van der Waals surface area (Å²) < 4.78 is 5.24. The van der Waals surface area contributed by atoms with Crippen LogP contribution in [-0.4, -0.2) is 12.6 Å². The summed E-state index contributed by atoms with van der Waals surface area (Å²) in [5.41, 5.74) is 1.40. The van der Waals surface area contributed by atoms with E-state index in [4.69, 9.17) is 4.74 Å². The Hall–Kier alpha value is -1.31. The van der Waals surface area contributed by atoms with Gasteiger partial charge in [-0.15, -0.1) is 0 Å². The van der Waals surface area contributed by atoms with Crippen LogP contribution in [0.4, 0.5) is 0 Å². The van der Waals surface area contributed by atoms with Crippen molar-refractivity contribution >= 4 is 5.97 Å². The molecule has 0 heterocycles. The van der Waals surface area contributed by atoms with Crippen LogP contribution in [0.5, 0.6) is 0 Å². The zero-order valence-corrected chi connectivity index (χ0v) is 11.5. The zero-order chi connectivity index (χ0) is 13.2. The van der Waals surface area contributed by atoms with E-state index in [0.717, 1.165) is 12.8 Å². The van der Waals surface area contributed by atoms with Gasteiger partial charge in [0.25, 0.3) is 0 Å². The van der Waals surface area contributed by atoms with Crippen molar-refractivity contribution in [3.05, 3.63) is 35.9 Å². The number of carbonyl (C=O) groups excluding carboxylic acids is 1. The van der Waals surface area contributed by atoms with Gasteiger partial charge in [0.1, 0.15) is 0 Å². The molecule has 0 aliphatic heterocycles. The van der Waals surface area contributed by atoms with Gasteiger partial charge in [0, 0.05) is 5.92 Å². The van der Waals surface area contributed by atoms with Gasteiger partial charge in [-0.25, -0.2) is 0 Å².